The van der Waals surface area contributed by atoms with Crippen molar-refractivity contribution in [2.45, 2.75) is 32.3 Å². The molecule has 1 aliphatic carbocycles. The van der Waals surface area contributed by atoms with E-state index in [1.54, 1.807) is 14.0 Å². The van der Waals surface area contributed by atoms with E-state index in [-0.39, 0.29) is 6.10 Å². The number of aliphatic hydroxyl groups excluding tert-OH is 1. The van der Waals surface area contributed by atoms with Crippen LogP contribution in [-0.4, -0.2) is 24.9 Å². The number of methoxy groups -OCH3 is 1. The summed E-state index contributed by atoms with van der Waals surface area (Å²) in [6.45, 7) is 2.54. The molecule has 0 aliphatic heterocycles. The van der Waals surface area contributed by atoms with Crippen molar-refractivity contribution in [3.8, 4) is 11.5 Å². The molecule has 94 valence electrons. The molecule has 0 amide bonds. The van der Waals surface area contributed by atoms with Crippen LogP contribution < -0.4 is 9.47 Å². The van der Waals surface area contributed by atoms with Gasteiger partial charge in [-0.3, -0.25) is 0 Å². The zero-order chi connectivity index (χ0) is 12.3. The SMILES string of the molecule is COc1cccc(CC(C)O)c1OCC1CC1. The molecule has 0 radical (unpaired) electrons. The molecule has 1 saturated carbocycles. The number of rotatable bonds is 6. The first kappa shape index (κ1) is 12.2. The van der Waals surface area contributed by atoms with Gasteiger partial charge in [-0.25, -0.2) is 0 Å². The van der Waals surface area contributed by atoms with Crippen molar-refractivity contribution in [2.75, 3.05) is 13.7 Å². The first-order chi connectivity index (χ1) is 8.20. The van der Waals surface area contributed by atoms with Gasteiger partial charge in [-0.15, -0.1) is 0 Å². The van der Waals surface area contributed by atoms with Gasteiger partial charge in [-0.1, -0.05) is 12.1 Å². The second-order valence-electron chi connectivity index (χ2n) is 4.76. The van der Waals surface area contributed by atoms with E-state index in [4.69, 9.17) is 9.47 Å². The Hall–Kier alpha value is -1.22. The second kappa shape index (κ2) is 5.41. The van der Waals surface area contributed by atoms with E-state index in [9.17, 15) is 5.11 Å². The number of benzene rings is 1. The maximum absolute atomic E-state index is 9.49. The van der Waals surface area contributed by atoms with E-state index in [0.29, 0.717) is 12.3 Å². The molecule has 17 heavy (non-hydrogen) atoms. The van der Waals surface area contributed by atoms with Crippen LogP contribution in [0.4, 0.5) is 0 Å². The van der Waals surface area contributed by atoms with E-state index >= 15 is 0 Å². The molecule has 1 aromatic rings. The van der Waals surface area contributed by atoms with Crippen LogP contribution in [0.5, 0.6) is 11.5 Å². The molecule has 1 unspecified atom stereocenters. The van der Waals surface area contributed by atoms with Crippen LogP contribution in [0.25, 0.3) is 0 Å². The summed E-state index contributed by atoms with van der Waals surface area (Å²) in [7, 11) is 1.64. The zero-order valence-electron chi connectivity index (χ0n) is 10.5. The summed E-state index contributed by atoms with van der Waals surface area (Å²) in [4.78, 5) is 0. The standard InChI is InChI=1S/C14H20O3/c1-10(15)8-12-4-3-5-13(16-2)14(12)17-9-11-6-7-11/h3-5,10-11,15H,6-9H2,1-2H3. The summed E-state index contributed by atoms with van der Waals surface area (Å²) in [5, 5.41) is 9.49. The Morgan fingerprint density at radius 2 is 2.18 bits per heavy atom. The Balaban J connectivity index is 2.15. The average Bonchev–Trinajstić information content (AvgIpc) is 3.10. The van der Waals surface area contributed by atoms with Gasteiger partial charge in [0.1, 0.15) is 0 Å². The van der Waals surface area contributed by atoms with Gasteiger partial charge in [0.15, 0.2) is 11.5 Å². The molecule has 3 heteroatoms. The van der Waals surface area contributed by atoms with Gasteiger partial charge in [-0.05, 0) is 31.7 Å². The molecule has 1 fully saturated rings. The molecule has 0 saturated heterocycles. The molecule has 2 rings (SSSR count). The number of hydrogen-bond donors (Lipinski definition) is 1. The van der Waals surface area contributed by atoms with Gasteiger partial charge in [0.2, 0.25) is 0 Å². The van der Waals surface area contributed by atoms with E-state index < -0.39 is 0 Å². The summed E-state index contributed by atoms with van der Waals surface area (Å²) >= 11 is 0. The zero-order valence-corrected chi connectivity index (χ0v) is 10.5. The first-order valence-electron chi connectivity index (χ1n) is 6.17. The van der Waals surface area contributed by atoms with Crippen LogP contribution in [0.1, 0.15) is 25.3 Å². The number of aliphatic hydroxyl groups is 1. The van der Waals surface area contributed by atoms with Crippen molar-refractivity contribution in [1.82, 2.24) is 0 Å². The van der Waals surface area contributed by atoms with E-state index in [1.807, 2.05) is 18.2 Å². The van der Waals surface area contributed by atoms with Crippen molar-refractivity contribution in [3.63, 3.8) is 0 Å². The smallest absolute Gasteiger partial charge is 0.164 e. The quantitative estimate of drug-likeness (QED) is 0.824. The fraction of sp³-hybridized carbons (Fsp3) is 0.571. The van der Waals surface area contributed by atoms with Crippen LogP contribution in [0, 0.1) is 5.92 Å². The summed E-state index contributed by atoms with van der Waals surface area (Å²) in [5.41, 5.74) is 1.01. The predicted octanol–water partition coefficient (Wildman–Crippen LogP) is 2.41. The highest BCUT2D eigenvalue weighted by atomic mass is 16.5. The van der Waals surface area contributed by atoms with Gasteiger partial charge in [0, 0.05) is 12.0 Å². The van der Waals surface area contributed by atoms with Gasteiger partial charge in [-0.2, -0.15) is 0 Å². The molecular weight excluding hydrogens is 216 g/mol. The molecule has 0 spiro atoms. The summed E-state index contributed by atoms with van der Waals surface area (Å²) in [5.74, 6) is 2.26. The van der Waals surface area contributed by atoms with Crippen molar-refractivity contribution >= 4 is 0 Å². The highest BCUT2D eigenvalue weighted by Gasteiger charge is 2.23. The minimum absolute atomic E-state index is 0.370. The van der Waals surface area contributed by atoms with E-state index in [1.165, 1.54) is 12.8 Å². The highest BCUT2D eigenvalue weighted by Crippen LogP contribution is 2.35. The molecule has 3 nitrogen and oxygen atoms in total. The number of ether oxygens (including phenoxy) is 2. The molecule has 1 atom stereocenters. The van der Waals surface area contributed by atoms with Crippen molar-refractivity contribution in [1.29, 1.82) is 0 Å². The van der Waals surface area contributed by atoms with Crippen LogP contribution in [0.15, 0.2) is 18.2 Å². The molecule has 1 N–H and O–H groups in total. The Labute approximate surface area is 102 Å². The lowest BCUT2D eigenvalue weighted by atomic mass is 10.1. The van der Waals surface area contributed by atoms with Crippen molar-refractivity contribution in [2.24, 2.45) is 5.92 Å². The average molecular weight is 236 g/mol. The monoisotopic (exact) mass is 236 g/mol. The third-order valence-corrected chi connectivity index (χ3v) is 2.96. The Morgan fingerprint density at radius 3 is 2.76 bits per heavy atom. The van der Waals surface area contributed by atoms with E-state index in [0.717, 1.165) is 23.7 Å². The van der Waals surface area contributed by atoms with Crippen molar-refractivity contribution < 1.29 is 14.6 Å². The van der Waals surface area contributed by atoms with Crippen molar-refractivity contribution in [3.05, 3.63) is 23.8 Å². The van der Waals surface area contributed by atoms with Gasteiger partial charge >= 0.3 is 0 Å². The lowest BCUT2D eigenvalue weighted by Crippen LogP contribution is -2.09. The fourth-order valence-electron chi connectivity index (χ4n) is 1.85. The lowest BCUT2D eigenvalue weighted by molar-refractivity contribution is 0.192. The normalized spacial score (nSPS) is 16.6. The summed E-state index contributed by atoms with van der Waals surface area (Å²) in [6.07, 6.45) is 2.75. The summed E-state index contributed by atoms with van der Waals surface area (Å²) < 4.78 is 11.2. The van der Waals surface area contributed by atoms with Crippen LogP contribution >= 0.6 is 0 Å². The van der Waals surface area contributed by atoms with E-state index in [2.05, 4.69) is 0 Å². The third-order valence-electron chi connectivity index (χ3n) is 2.96. The Bertz CT molecular complexity index is 370. The van der Waals surface area contributed by atoms with Gasteiger partial charge in [0.25, 0.3) is 0 Å². The molecule has 0 heterocycles. The topological polar surface area (TPSA) is 38.7 Å². The largest absolute Gasteiger partial charge is 0.493 e. The molecule has 0 aromatic heterocycles. The number of hydrogen-bond acceptors (Lipinski definition) is 3. The van der Waals surface area contributed by atoms with Gasteiger partial charge < -0.3 is 14.6 Å². The van der Waals surface area contributed by atoms with Crippen LogP contribution in [-0.2, 0) is 6.42 Å². The Kier molecular flexibility index (Phi) is 3.89. The highest BCUT2D eigenvalue weighted by molar-refractivity contribution is 5.46. The maximum atomic E-state index is 9.49. The van der Waals surface area contributed by atoms with Gasteiger partial charge in [0.05, 0.1) is 19.8 Å². The number of para-hydroxylation sites is 1. The molecule has 1 aromatic carbocycles. The minimum Gasteiger partial charge on any atom is -0.493 e. The third kappa shape index (κ3) is 3.37. The molecular formula is C14H20O3. The minimum atomic E-state index is -0.370. The first-order valence-corrected chi connectivity index (χ1v) is 6.17. The second-order valence-corrected chi connectivity index (χ2v) is 4.76. The fourth-order valence-corrected chi connectivity index (χ4v) is 1.85. The maximum Gasteiger partial charge on any atom is 0.164 e. The molecule has 1 aliphatic rings. The lowest BCUT2D eigenvalue weighted by Gasteiger charge is -2.15. The molecule has 0 bridgehead atoms. The van der Waals surface area contributed by atoms with Crippen LogP contribution in [0.2, 0.25) is 0 Å². The summed E-state index contributed by atoms with van der Waals surface area (Å²) in [6, 6.07) is 5.81. The predicted molar refractivity (Wildman–Crippen MR) is 66.6 cm³/mol. The van der Waals surface area contributed by atoms with Crippen LogP contribution in [0.3, 0.4) is 0 Å². The Morgan fingerprint density at radius 1 is 1.41 bits per heavy atom.